The van der Waals surface area contributed by atoms with E-state index in [0.717, 1.165) is 35.3 Å². The molecule has 1 unspecified atom stereocenters. The smallest absolute Gasteiger partial charge is 0.262 e. The molecule has 0 saturated carbocycles. The third-order valence-electron chi connectivity index (χ3n) is 3.48. The van der Waals surface area contributed by atoms with Crippen molar-refractivity contribution in [3.05, 3.63) is 27.1 Å². The minimum atomic E-state index is -0.544. The van der Waals surface area contributed by atoms with Crippen molar-refractivity contribution in [2.75, 3.05) is 13.6 Å². The highest BCUT2D eigenvalue weighted by Crippen LogP contribution is 2.31. The van der Waals surface area contributed by atoms with Crippen LogP contribution in [-0.4, -0.2) is 39.3 Å². The molecule has 0 radical (unpaired) electrons. The van der Waals surface area contributed by atoms with Crippen LogP contribution in [0.3, 0.4) is 0 Å². The molecule has 1 atom stereocenters. The van der Waals surface area contributed by atoms with Crippen molar-refractivity contribution < 1.29 is 5.11 Å². The number of aromatic nitrogens is 2. The van der Waals surface area contributed by atoms with E-state index in [9.17, 15) is 9.90 Å². The summed E-state index contributed by atoms with van der Waals surface area (Å²) in [6.45, 7) is 3.84. The number of rotatable bonds is 2. The molecule has 0 aromatic carbocycles. The second kappa shape index (κ2) is 4.70. The van der Waals surface area contributed by atoms with E-state index < -0.39 is 6.10 Å². The topological polar surface area (TPSA) is 58.4 Å². The molecular weight excluding hydrogens is 262 g/mol. The molecule has 3 rings (SSSR count). The zero-order valence-electron chi connectivity index (χ0n) is 11.1. The SMILES string of the molecule is CC(O)Cn1cnc2sc3c(c2c1=O)CCN(C)C3. The van der Waals surface area contributed by atoms with Crippen molar-refractivity contribution in [1.29, 1.82) is 0 Å². The van der Waals surface area contributed by atoms with Crippen LogP contribution in [-0.2, 0) is 19.5 Å². The Morgan fingerprint density at radius 3 is 3.11 bits per heavy atom. The van der Waals surface area contributed by atoms with Crippen molar-refractivity contribution in [2.24, 2.45) is 0 Å². The molecule has 2 aromatic rings. The zero-order valence-corrected chi connectivity index (χ0v) is 11.9. The van der Waals surface area contributed by atoms with E-state index in [2.05, 4.69) is 16.9 Å². The first-order chi connectivity index (χ1) is 9.06. The Bertz CT molecular complexity index is 674. The quantitative estimate of drug-likeness (QED) is 0.884. The number of likely N-dealkylation sites (N-methyl/N-ethyl adjacent to an activating group) is 1. The van der Waals surface area contributed by atoms with Crippen molar-refractivity contribution in [1.82, 2.24) is 14.5 Å². The standard InChI is InChI=1S/C13H17N3O2S/c1-8(17)5-16-7-14-12-11(13(16)18)9-3-4-15(2)6-10(9)19-12/h7-8,17H,3-6H2,1-2H3. The molecule has 6 heteroatoms. The van der Waals surface area contributed by atoms with Crippen LogP contribution < -0.4 is 5.56 Å². The Labute approximate surface area is 115 Å². The van der Waals surface area contributed by atoms with Gasteiger partial charge in [-0.3, -0.25) is 9.36 Å². The van der Waals surface area contributed by atoms with Gasteiger partial charge in [0, 0.05) is 18.0 Å². The van der Waals surface area contributed by atoms with Gasteiger partial charge in [0.1, 0.15) is 4.83 Å². The van der Waals surface area contributed by atoms with Gasteiger partial charge in [0.15, 0.2) is 0 Å². The predicted octanol–water partition coefficient (Wildman–Crippen LogP) is 0.827. The molecule has 0 bridgehead atoms. The maximum atomic E-state index is 12.5. The third kappa shape index (κ3) is 2.20. The van der Waals surface area contributed by atoms with Gasteiger partial charge in [-0.05, 0) is 26.0 Å². The second-order valence-corrected chi connectivity index (χ2v) is 6.31. The number of aliphatic hydroxyl groups is 1. The first-order valence-corrected chi connectivity index (χ1v) is 7.24. The van der Waals surface area contributed by atoms with Crippen LogP contribution in [0.1, 0.15) is 17.4 Å². The van der Waals surface area contributed by atoms with E-state index in [-0.39, 0.29) is 5.56 Å². The Hall–Kier alpha value is -1.24. The molecule has 0 aliphatic carbocycles. The average molecular weight is 279 g/mol. The van der Waals surface area contributed by atoms with Crippen LogP contribution in [0.5, 0.6) is 0 Å². The van der Waals surface area contributed by atoms with Gasteiger partial charge in [0.25, 0.3) is 5.56 Å². The number of hydrogen-bond donors (Lipinski definition) is 1. The Morgan fingerprint density at radius 1 is 1.58 bits per heavy atom. The number of aliphatic hydroxyl groups excluding tert-OH is 1. The summed E-state index contributed by atoms with van der Waals surface area (Å²) in [5, 5.41) is 10.2. The maximum absolute atomic E-state index is 12.5. The number of hydrogen-bond acceptors (Lipinski definition) is 5. The predicted molar refractivity (Wildman–Crippen MR) is 75.6 cm³/mol. The molecule has 0 amide bonds. The van der Waals surface area contributed by atoms with E-state index in [1.165, 1.54) is 9.44 Å². The minimum Gasteiger partial charge on any atom is -0.392 e. The van der Waals surface area contributed by atoms with Gasteiger partial charge in [-0.25, -0.2) is 4.98 Å². The fourth-order valence-electron chi connectivity index (χ4n) is 2.56. The lowest BCUT2D eigenvalue weighted by atomic mass is 10.1. The summed E-state index contributed by atoms with van der Waals surface area (Å²) in [5.74, 6) is 0. The highest BCUT2D eigenvalue weighted by atomic mass is 32.1. The van der Waals surface area contributed by atoms with E-state index in [1.54, 1.807) is 24.6 Å². The minimum absolute atomic E-state index is 0.0204. The maximum Gasteiger partial charge on any atom is 0.262 e. The summed E-state index contributed by atoms with van der Waals surface area (Å²) >= 11 is 1.62. The largest absolute Gasteiger partial charge is 0.392 e. The van der Waals surface area contributed by atoms with E-state index in [0.29, 0.717) is 6.54 Å². The van der Waals surface area contributed by atoms with Crippen molar-refractivity contribution >= 4 is 21.6 Å². The summed E-state index contributed by atoms with van der Waals surface area (Å²) < 4.78 is 1.51. The van der Waals surface area contributed by atoms with Crippen molar-refractivity contribution in [3.8, 4) is 0 Å². The fourth-order valence-corrected chi connectivity index (χ4v) is 3.82. The van der Waals surface area contributed by atoms with Gasteiger partial charge in [-0.15, -0.1) is 11.3 Å². The summed E-state index contributed by atoms with van der Waals surface area (Å²) in [6, 6.07) is 0. The van der Waals surface area contributed by atoms with Crippen molar-refractivity contribution in [3.63, 3.8) is 0 Å². The fraction of sp³-hybridized carbons (Fsp3) is 0.538. The molecule has 3 heterocycles. The first-order valence-electron chi connectivity index (χ1n) is 6.42. The molecule has 0 saturated heterocycles. The monoisotopic (exact) mass is 279 g/mol. The molecule has 1 N–H and O–H groups in total. The summed E-state index contributed by atoms with van der Waals surface area (Å²) in [6.07, 6.45) is 1.90. The summed E-state index contributed by atoms with van der Waals surface area (Å²) in [5.41, 5.74) is 1.14. The van der Waals surface area contributed by atoms with Gasteiger partial charge in [-0.1, -0.05) is 0 Å². The summed E-state index contributed by atoms with van der Waals surface area (Å²) in [4.78, 5) is 21.2. The Kier molecular flexibility index (Phi) is 3.16. The van der Waals surface area contributed by atoms with Gasteiger partial charge in [-0.2, -0.15) is 0 Å². The van der Waals surface area contributed by atoms with E-state index >= 15 is 0 Å². The number of thiophene rings is 1. The van der Waals surface area contributed by atoms with Gasteiger partial charge >= 0.3 is 0 Å². The normalized spacial score (nSPS) is 17.6. The highest BCUT2D eigenvalue weighted by Gasteiger charge is 2.22. The number of nitrogens with zero attached hydrogens (tertiary/aromatic N) is 3. The van der Waals surface area contributed by atoms with Crippen LogP contribution in [0.4, 0.5) is 0 Å². The molecule has 0 fully saturated rings. The van der Waals surface area contributed by atoms with Crippen LogP contribution in [0.2, 0.25) is 0 Å². The van der Waals surface area contributed by atoms with E-state index in [1.807, 2.05) is 0 Å². The van der Waals surface area contributed by atoms with Crippen molar-refractivity contribution in [2.45, 2.75) is 32.5 Å². The molecule has 2 aromatic heterocycles. The molecule has 1 aliphatic heterocycles. The lowest BCUT2D eigenvalue weighted by molar-refractivity contribution is 0.172. The Morgan fingerprint density at radius 2 is 2.37 bits per heavy atom. The molecule has 0 spiro atoms. The lowest BCUT2D eigenvalue weighted by Gasteiger charge is -2.21. The third-order valence-corrected chi connectivity index (χ3v) is 4.60. The molecule has 102 valence electrons. The average Bonchev–Trinajstić information content (AvgIpc) is 2.70. The highest BCUT2D eigenvalue weighted by molar-refractivity contribution is 7.18. The summed E-state index contributed by atoms with van der Waals surface area (Å²) in [7, 11) is 2.09. The van der Waals surface area contributed by atoms with Crippen LogP contribution in [0, 0.1) is 0 Å². The van der Waals surface area contributed by atoms with Gasteiger partial charge in [0.05, 0.1) is 24.4 Å². The number of fused-ring (bicyclic) bond motifs is 3. The molecule has 1 aliphatic rings. The molecular formula is C13H17N3O2S. The van der Waals surface area contributed by atoms with Crippen LogP contribution in [0.25, 0.3) is 10.2 Å². The zero-order chi connectivity index (χ0) is 13.6. The Balaban J connectivity index is 2.17. The lowest BCUT2D eigenvalue weighted by Crippen LogP contribution is -2.28. The molecule has 19 heavy (non-hydrogen) atoms. The molecule has 5 nitrogen and oxygen atoms in total. The van der Waals surface area contributed by atoms with Gasteiger partial charge in [0.2, 0.25) is 0 Å². The van der Waals surface area contributed by atoms with E-state index in [4.69, 9.17) is 0 Å². The first kappa shape index (κ1) is 12.8. The van der Waals surface area contributed by atoms with Crippen LogP contribution in [0.15, 0.2) is 11.1 Å². The van der Waals surface area contributed by atoms with Gasteiger partial charge < -0.3 is 10.0 Å². The van der Waals surface area contributed by atoms with Crippen LogP contribution >= 0.6 is 11.3 Å². The second-order valence-electron chi connectivity index (χ2n) is 5.22.